The van der Waals surface area contributed by atoms with Crippen LogP contribution in [-0.2, 0) is 11.4 Å². The number of carbonyl (C=O) groups excluding carboxylic acids is 1. The number of halogens is 2. The maximum absolute atomic E-state index is 11.8. The molecule has 0 unspecified atom stereocenters. The molecule has 0 aliphatic rings. The number of ether oxygens (including phenoxy) is 1. The number of furan rings is 1. The van der Waals surface area contributed by atoms with Crippen LogP contribution in [0.2, 0.25) is 10.0 Å². The largest absolute Gasteiger partial charge is 0.487 e. The molecule has 0 saturated heterocycles. The van der Waals surface area contributed by atoms with E-state index >= 15 is 0 Å². The number of hydrogen-bond donors (Lipinski definition) is 1. The van der Waals surface area contributed by atoms with Gasteiger partial charge in [-0.1, -0.05) is 40.5 Å². The molecule has 2 aromatic carbocycles. The minimum absolute atomic E-state index is 0.143. The third kappa shape index (κ3) is 5.28. The first-order chi connectivity index (χ1) is 14.3. The van der Waals surface area contributed by atoms with Crippen molar-refractivity contribution < 1.29 is 23.7 Å². The van der Waals surface area contributed by atoms with E-state index in [1.165, 1.54) is 6.07 Å². The minimum Gasteiger partial charge on any atom is -0.487 e. The summed E-state index contributed by atoms with van der Waals surface area (Å²) in [7, 11) is 0. The third-order valence-corrected chi connectivity index (χ3v) is 4.28. The summed E-state index contributed by atoms with van der Waals surface area (Å²) in [6.07, 6.45) is 0. The molecule has 3 rings (SSSR count). The monoisotopic (exact) mass is 449 g/mol. The summed E-state index contributed by atoms with van der Waals surface area (Å²) in [6, 6.07) is 13.9. The van der Waals surface area contributed by atoms with Crippen molar-refractivity contribution in [3.8, 4) is 5.75 Å². The predicted molar refractivity (Wildman–Crippen MR) is 109 cm³/mol. The second-order valence-electron chi connectivity index (χ2n) is 5.81. The van der Waals surface area contributed by atoms with Crippen LogP contribution in [-0.4, -0.2) is 16.7 Å². The summed E-state index contributed by atoms with van der Waals surface area (Å²) >= 11 is 12.1. The van der Waals surface area contributed by atoms with E-state index in [4.69, 9.17) is 38.1 Å². The van der Waals surface area contributed by atoms with E-state index < -0.39 is 16.8 Å². The lowest BCUT2D eigenvalue weighted by Gasteiger charge is -2.09. The van der Waals surface area contributed by atoms with Crippen molar-refractivity contribution >= 4 is 40.9 Å². The van der Waals surface area contributed by atoms with E-state index in [1.54, 1.807) is 24.3 Å². The van der Waals surface area contributed by atoms with Gasteiger partial charge >= 0.3 is 11.9 Å². The Morgan fingerprint density at radius 1 is 1.13 bits per heavy atom. The number of benzene rings is 2. The first-order valence-corrected chi connectivity index (χ1v) is 9.05. The molecule has 154 valence electrons. The average molecular weight is 450 g/mol. The Morgan fingerprint density at radius 2 is 1.87 bits per heavy atom. The summed E-state index contributed by atoms with van der Waals surface area (Å²) < 4.78 is 10.4. The molecule has 0 amide bonds. The first-order valence-electron chi connectivity index (χ1n) is 8.29. The zero-order chi connectivity index (χ0) is 21.7. The zero-order valence-electron chi connectivity index (χ0n) is 15.1. The Balaban J connectivity index is 1.63. The van der Waals surface area contributed by atoms with Gasteiger partial charge in [-0.05, 0) is 42.0 Å². The number of rotatable bonds is 7. The van der Waals surface area contributed by atoms with Crippen LogP contribution in [0.3, 0.4) is 0 Å². The smallest absolute Gasteiger partial charge is 0.433 e. The van der Waals surface area contributed by atoms with Crippen molar-refractivity contribution in [3.63, 3.8) is 0 Å². The maximum atomic E-state index is 11.8. The molecule has 0 bridgehead atoms. The van der Waals surface area contributed by atoms with Crippen molar-refractivity contribution in [2.24, 2.45) is 10.9 Å². The molecule has 0 atom stereocenters. The number of hydrogen-bond acceptors (Lipinski definition) is 7. The fraction of sp³-hybridized carbons (Fsp3) is 0.0526. The van der Waals surface area contributed by atoms with Gasteiger partial charge in [-0.25, -0.2) is 4.79 Å². The van der Waals surface area contributed by atoms with Crippen LogP contribution in [0.5, 0.6) is 5.75 Å². The molecule has 1 heterocycles. The minimum atomic E-state index is -1.04. The second-order valence-corrected chi connectivity index (χ2v) is 6.65. The molecule has 0 spiro atoms. The summed E-state index contributed by atoms with van der Waals surface area (Å²) in [5.41, 5.74) is 7.08. The lowest BCUT2D eigenvalue weighted by Crippen LogP contribution is -2.15. The second kappa shape index (κ2) is 9.29. The number of amidine groups is 1. The fourth-order valence-corrected chi connectivity index (χ4v) is 2.60. The van der Waals surface area contributed by atoms with Crippen LogP contribution >= 0.6 is 23.2 Å². The van der Waals surface area contributed by atoms with Gasteiger partial charge in [-0.3, -0.25) is 10.1 Å². The Bertz CT molecular complexity index is 1110. The quantitative estimate of drug-likeness (QED) is 0.184. The molecule has 0 fully saturated rings. The number of carbonyl (C=O) groups is 1. The molecule has 0 aliphatic heterocycles. The maximum Gasteiger partial charge on any atom is 0.433 e. The van der Waals surface area contributed by atoms with Gasteiger partial charge in [-0.15, -0.1) is 0 Å². The highest BCUT2D eigenvalue weighted by molar-refractivity contribution is 6.32. The van der Waals surface area contributed by atoms with E-state index in [1.807, 2.05) is 12.1 Å². The number of nitrogens with zero attached hydrogens (tertiary/aromatic N) is 2. The zero-order valence-corrected chi connectivity index (χ0v) is 16.6. The normalized spacial score (nSPS) is 11.2. The van der Waals surface area contributed by atoms with Gasteiger partial charge in [0, 0.05) is 10.6 Å². The highest BCUT2D eigenvalue weighted by Crippen LogP contribution is 2.26. The summed E-state index contributed by atoms with van der Waals surface area (Å²) in [6.45, 7) is 0.284. The van der Waals surface area contributed by atoms with Crippen molar-refractivity contribution in [2.45, 2.75) is 6.61 Å². The van der Waals surface area contributed by atoms with E-state index in [-0.39, 0.29) is 23.2 Å². The Kier molecular flexibility index (Phi) is 6.55. The summed E-state index contributed by atoms with van der Waals surface area (Å²) in [5.74, 6) is -1.75. The van der Waals surface area contributed by atoms with Crippen LogP contribution in [0.4, 0.5) is 5.88 Å². The van der Waals surface area contributed by atoms with Gasteiger partial charge in [0.1, 0.15) is 17.3 Å². The third-order valence-electron chi connectivity index (χ3n) is 3.74. The number of nitro groups is 1. The molecule has 11 heteroatoms. The molecule has 0 aliphatic carbocycles. The molecule has 2 N–H and O–H groups in total. The van der Waals surface area contributed by atoms with Gasteiger partial charge in [-0.2, -0.15) is 0 Å². The summed E-state index contributed by atoms with van der Waals surface area (Å²) in [4.78, 5) is 26.3. The molecule has 3 aromatic rings. The first kappa shape index (κ1) is 21.2. The Morgan fingerprint density at radius 3 is 2.50 bits per heavy atom. The summed E-state index contributed by atoms with van der Waals surface area (Å²) in [5, 5.41) is 15.0. The highest BCUT2D eigenvalue weighted by Gasteiger charge is 2.19. The van der Waals surface area contributed by atoms with E-state index in [2.05, 4.69) is 9.99 Å². The van der Waals surface area contributed by atoms with Crippen LogP contribution in [0.25, 0.3) is 0 Å². The Labute approximate surface area is 179 Å². The van der Waals surface area contributed by atoms with Crippen LogP contribution in [0.15, 0.2) is 64.2 Å². The van der Waals surface area contributed by atoms with Gasteiger partial charge < -0.3 is 19.7 Å². The topological polar surface area (TPSA) is 130 Å². The molecule has 9 nitrogen and oxygen atoms in total. The lowest BCUT2D eigenvalue weighted by molar-refractivity contribution is -0.402. The number of oxime groups is 1. The van der Waals surface area contributed by atoms with Crippen molar-refractivity contribution in [1.29, 1.82) is 0 Å². The number of nitrogens with two attached hydrogens (primary N) is 1. The van der Waals surface area contributed by atoms with Gasteiger partial charge in [0.25, 0.3) is 0 Å². The lowest BCUT2D eigenvalue weighted by atomic mass is 10.2. The van der Waals surface area contributed by atoms with E-state index in [9.17, 15) is 14.9 Å². The van der Waals surface area contributed by atoms with Gasteiger partial charge in [0.2, 0.25) is 5.76 Å². The standard InChI is InChI=1S/C19H13Cl2N3O6/c20-13-4-1-11(2-5-13)10-28-15-6-3-12(9-14(15)21)18(22)23-30-19(25)16-7-8-17(29-16)24(26)27/h1-9H,10H2,(H2,22,23). The van der Waals surface area contributed by atoms with Crippen molar-refractivity contribution in [1.82, 2.24) is 0 Å². The molecule has 1 aromatic heterocycles. The highest BCUT2D eigenvalue weighted by atomic mass is 35.5. The van der Waals surface area contributed by atoms with Crippen molar-refractivity contribution in [3.05, 3.63) is 91.6 Å². The van der Waals surface area contributed by atoms with E-state index in [0.717, 1.165) is 17.7 Å². The molecular formula is C19H13Cl2N3O6. The van der Waals surface area contributed by atoms with E-state index in [0.29, 0.717) is 16.3 Å². The van der Waals surface area contributed by atoms with Crippen molar-refractivity contribution in [2.75, 3.05) is 0 Å². The van der Waals surface area contributed by atoms with Gasteiger partial charge in [0.05, 0.1) is 11.1 Å². The Hall–Kier alpha value is -3.56. The fourth-order valence-electron chi connectivity index (χ4n) is 2.24. The molecule has 30 heavy (non-hydrogen) atoms. The average Bonchev–Trinajstić information content (AvgIpc) is 3.23. The molecule has 0 saturated carbocycles. The predicted octanol–water partition coefficient (Wildman–Crippen LogP) is 4.55. The van der Waals surface area contributed by atoms with Crippen LogP contribution in [0, 0.1) is 10.1 Å². The molecule has 0 radical (unpaired) electrons. The van der Waals surface area contributed by atoms with Gasteiger partial charge in [0.15, 0.2) is 5.84 Å². The van der Waals surface area contributed by atoms with Crippen LogP contribution in [0.1, 0.15) is 21.7 Å². The SMILES string of the molecule is NC(=NOC(=O)c1ccc([N+](=O)[O-])o1)c1ccc(OCc2ccc(Cl)cc2)c(Cl)c1. The molecular weight excluding hydrogens is 437 g/mol. The van der Waals surface area contributed by atoms with Crippen LogP contribution < -0.4 is 10.5 Å².